The molecular formula is C9H12N4O. The fraction of sp³-hybridized carbons (Fsp3) is 0.444. The molecule has 1 heterocycles. The Morgan fingerprint density at radius 1 is 1.21 bits per heavy atom. The lowest BCUT2D eigenvalue weighted by Crippen LogP contribution is -2.07. The summed E-state index contributed by atoms with van der Waals surface area (Å²) in [6, 6.07) is 0. The summed E-state index contributed by atoms with van der Waals surface area (Å²) in [7, 11) is 0. The molecule has 0 unspecified atom stereocenters. The van der Waals surface area contributed by atoms with Crippen molar-refractivity contribution in [3.05, 3.63) is 11.4 Å². The van der Waals surface area contributed by atoms with E-state index in [1.807, 2.05) is 13.8 Å². The standard InChI is InChI=1S/C9H12N4O/c1-7-8(2)12-13-9(11-7)10-5-3-4-6-14/h14H,5-6H2,1-2H3,(H,10,11,13). The van der Waals surface area contributed by atoms with E-state index < -0.39 is 0 Å². The maximum Gasteiger partial charge on any atom is 0.243 e. The van der Waals surface area contributed by atoms with Crippen molar-refractivity contribution in [1.82, 2.24) is 15.2 Å². The van der Waals surface area contributed by atoms with Crippen molar-refractivity contribution >= 4 is 5.95 Å². The van der Waals surface area contributed by atoms with Crippen molar-refractivity contribution in [3.8, 4) is 11.8 Å². The van der Waals surface area contributed by atoms with Gasteiger partial charge in [0.1, 0.15) is 6.61 Å². The van der Waals surface area contributed by atoms with Gasteiger partial charge in [0, 0.05) is 0 Å². The molecule has 5 nitrogen and oxygen atoms in total. The zero-order valence-electron chi connectivity index (χ0n) is 8.20. The minimum atomic E-state index is -0.131. The summed E-state index contributed by atoms with van der Waals surface area (Å²) in [5, 5.41) is 19.0. The highest BCUT2D eigenvalue weighted by Crippen LogP contribution is 2.00. The van der Waals surface area contributed by atoms with E-state index in [1.54, 1.807) is 0 Å². The molecule has 0 atom stereocenters. The molecule has 0 radical (unpaired) electrons. The van der Waals surface area contributed by atoms with E-state index in [2.05, 4.69) is 32.3 Å². The third-order valence-corrected chi connectivity index (χ3v) is 1.63. The summed E-state index contributed by atoms with van der Waals surface area (Å²) in [4.78, 5) is 4.16. The van der Waals surface area contributed by atoms with Gasteiger partial charge in [0.15, 0.2) is 0 Å². The number of nitrogens with one attached hydrogen (secondary N) is 1. The van der Waals surface area contributed by atoms with Crippen LogP contribution in [0.5, 0.6) is 0 Å². The molecule has 0 aliphatic carbocycles. The van der Waals surface area contributed by atoms with Gasteiger partial charge in [0.05, 0.1) is 17.9 Å². The second-order valence-electron chi connectivity index (χ2n) is 2.67. The van der Waals surface area contributed by atoms with Gasteiger partial charge in [-0.1, -0.05) is 11.8 Å². The summed E-state index contributed by atoms with van der Waals surface area (Å²) in [6.07, 6.45) is 0. The van der Waals surface area contributed by atoms with Gasteiger partial charge in [-0.05, 0) is 13.8 Å². The normalized spacial score (nSPS) is 9.07. The van der Waals surface area contributed by atoms with Gasteiger partial charge in [-0.2, -0.15) is 5.10 Å². The van der Waals surface area contributed by atoms with Crippen molar-refractivity contribution in [2.45, 2.75) is 13.8 Å². The molecule has 0 aliphatic heterocycles. The molecule has 1 rings (SSSR count). The van der Waals surface area contributed by atoms with Crippen LogP contribution in [0.25, 0.3) is 0 Å². The molecule has 14 heavy (non-hydrogen) atoms. The van der Waals surface area contributed by atoms with Gasteiger partial charge in [-0.25, -0.2) is 4.98 Å². The van der Waals surface area contributed by atoms with Gasteiger partial charge < -0.3 is 10.4 Å². The topological polar surface area (TPSA) is 70.9 Å². The van der Waals surface area contributed by atoms with E-state index in [0.717, 1.165) is 11.4 Å². The van der Waals surface area contributed by atoms with E-state index in [4.69, 9.17) is 5.11 Å². The maximum atomic E-state index is 8.40. The third-order valence-electron chi connectivity index (χ3n) is 1.63. The highest BCUT2D eigenvalue weighted by atomic mass is 16.2. The number of hydrogen-bond acceptors (Lipinski definition) is 5. The number of aliphatic hydroxyl groups is 1. The third kappa shape index (κ3) is 2.99. The lowest BCUT2D eigenvalue weighted by Gasteiger charge is -2.01. The first-order chi connectivity index (χ1) is 6.74. The monoisotopic (exact) mass is 192 g/mol. The minimum Gasteiger partial charge on any atom is -0.384 e. The zero-order chi connectivity index (χ0) is 10.4. The molecule has 0 amide bonds. The molecular weight excluding hydrogens is 180 g/mol. The largest absolute Gasteiger partial charge is 0.384 e. The van der Waals surface area contributed by atoms with Crippen LogP contribution in [0.2, 0.25) is 0 Å². The Morgan fingerprint density at radius 3 is 2.64 bits per heavy atom. The van der Waals surface area contributed by atoms with Crippen LogP contribution in [0.4, 0.5) is 5.95 Å². The van der Waals surface area contributed by atoms with Gasteiger partial charge in [-0.3, -0.25) is 0 Å². The number of aliphatic hydroxyl groups excluding tert-OH is 1. The second kappa shape index (κ2) is 5.14. The van der Waals surface area contributed by atoms with Crippen LogP contribution in [0, 0.1) is 25.7 Å². The van der Waals surface area contributed by atoms with Crippen LogP contribution in [0.3, 0.4) is 0 Å². The Labute approximate surface area is 82.6 Å². The van der Waals surface area contributed by atoms with Crippen molar-refractivity contribution in [3.63, 3.8) is 0 Å². The van der Waals surface area contributed by atoms with Crippen LogP contribution in [-0.4, -0.2) is 33.4 Å². The number of hydrogen-bond donors (Lipinski definition) is 2. The highest BCUT2D eigenvalue weighted by molar-refractivity contribution is 5.27. The number of aryl methyl sites for hydroxylation is 2. The Hall–Kier alpha value is -1.67. The van der Waals surface area contributed by atoms with Crippen LogP contribution in [0.15, 0.2) is 0 Å². The number of anilines is 1. The van der Waals surface area contributed by atoms with Crippen molar-refractivity contribution in [2.24, 2.45) is 0 Å². The smallest absolute Gasteiger partial charge is 0.243 e. The van der Waals surface area contributed by atoms with Crippen molar-refractivity contribution in [2.75, 3.05) is 18.5 Å². The first-order valence-corrected chi connectivity index (χ1v) is 4.22. The summed E-state index contributed by atoms with van der Waals surface area (Å²) < 4.78 is 0. The average Bonchev–Trinajstić information content (AvgIpc) is 2.18. The summed E-state index contributed by atoms with van der Waals surface area (Å²) in [6.45, 7) is 4.00. The summed E-state index contributed by atoms with van der Waals surface area (Å²) in [5.74, 6) is 5.67. The first kappa shape index (κ1) is 10.4. The molecule has 0 saturated heterocycles. The Balaban J connectivity index is 2.55. The molecule has 0 spiro atoms. The first-order valence-electron chi connectivity index (χ1n) is 4.22. The van der Waals surface area contributed by atoms with E-state index in [1.165, 1.54) is 0 Å². The molecule has 74 valence electrons. The Bertz CT molecular complexity index is 367. The van der Waals surface area contributed by atoms with Crippen LogP contribution < -0.4 is 5.32 Å². The fourth-order valence-corrected chi connectivity index (χ4v) is 0.773. The number of rotatable bonds is 2. The summed E-state index contributed by atoms with van der Waals surface area (Å²) in [5.41, 5.74) is 1.66. The SMILES string of the molecule is Cc1nnc(NCC#CCO)nc1C. The molecule has 1 aromatic heterocycles. The lowest BCUT2D eigenvalue weighted by molar-refractivity contribution is 0.350. The number of nitrogens with zero attached hydrogens (tertiary/aromatic N) is 3. The quantitative estimate of drug-likeness (QED) is 0.640. The van der Waals surface area contributed by atoms with Gasteiger partial charge in [0.25, 0.3) is 0 Å². The summed E-state index contributed by atoms with van der Waals surface area (Å²) >= 11 is 0. The molecule has 0 aromatic carbocycles. The molecule has 0 saturated carbocycles. The highest BCUT2D eigenvalue weighted by Gasteiger charge is 1.98. The van der Waals surface area contributed by atoms with E-state index in [0.29, 0.717) is 12.5 Å². The minimum absolute atomic E-state index is 0.131. The molecule has 0 aliphatic rings. The van der Waals surface area contributed by atoms with Crippen LogP contribution >= 0.6 is 0 Å². The Morgan fingerprint density at radius 2 is 2.00 bits per heavy atom. The lowest BCUT2D eigenvalue weighted by atomic mass is 10.4. The van der Waals surface area contributed by atoms with Crippen molar-refractivity contribution < 1.29 is 5.11 Å². The van der Waals surface area contributed by atoms with Gasteiger partial charge in [0.2, 0.25) is 5.95 Å². The van der Waals surface area contributed by atoms with E-state index in [9.17, 15) is 0 Å². The van der Waals surface area contributed by atoms with E-state index in [-0.39, 0.29) is 6.61 Å². The number of aromatic nitrogens is 3. The molecule has 1 aromatic rings. The molecule has 2 N–H and O–H groups in total. The van der Waals surface area contributed by atoms with Crippen molar-refractivity contribution in [1.29, 1.82) is 0 Å². The van der Waals surface area contributed by atoms with Crippen LogP contribution in [-0.2, 0) is 0 Å². The predicted molar refractivity (Wildman–Crippen MR) is 52.7 cm³/mol. The van der Waals surface area contributed by atoms with Crippen LogP contribution in [0.1, 0.15) is 11.4 Å². The van der Waals surface area contributed by atoms with E-state index >= 15 is 0 Å². The average molecular weight is 192 g/mol. The van der Waals surface area contributed by atoms with Gasteiger partial charge in [-0.15, -0.1) is 5.10 Å². The Kier molecular flexibility index (Phi) is 3.83. The molecule has 5 heteroatoms. The fourth-order valence-electron chi connectivity index (χ4n) is 0.773. The maximum absolute atomic E-state index is 8.40. The van der Waals surface area contributed by atoms with Gasteiger partial charge >= 0.3 is 0 Å². The second-order valence-corrected chi connectivity index (χ2v) is 2.67. The molecule has 0 fully saturated rings. The molecule has 0 bridgehead atoms. The zero-order valence-corrected chi connectivity index (χ0v) is 8.20. The predicted octanol–water partition coefficient (Wildman–Crippen LogP) is -0.104.